The maximum Gasteiger partial charge on any atom is 0.373 e. The Balaban J connectivity index is 2.36. The fourth-order valence-electron chi connectivity index (χ4n) is 1.69. The van der Waals surface area contributed by atoms with Gasteiger partial charge in [-0.1, -0.05) is 6.07 Å². The van der Waals surface area contributed by atoms with Crippen LogP contribution in [0.3, 0.4) is 0 Å². The van der Waals surface area contributed by atoms with Crippen LogP contribution in [0.2, 0.25) is 0 Å². The van der Waals surface area contributed by atoms with Crippen LogP contribution in [0.15, 0.2) is 28.7 Å². The van der Waals surface area contributed by atoms with Gasteiger partial charge in [0.05, 0.1) is 11.8 Å². The van der Waals surface area contributed by atoms with Crippen molar-refractivity contribution < 1.29 is 19.1 Å². The SMILES string of the molecule is Cc1nc(-c2cccc(OC(C)C)c2)oc1C(=O)O. The fourth-order valence-corrected chi connectivity index (χ4v) is 1.69. The van der Waals surface area contributed by atoms with E-state index in [4.69, 9.17) is 14.3 Å². The number of rotatable bonds is 4. The molecule has 0 amide bonds. The lowest BCUT2D eigenvalue weighted by Gasteiger charge is -2.09. The summed E-state index contributed by atoms with van der Waals surface area (Å²) < 4.78 is 10.8. The van der Waals surface area contributed by atoms with Gasteiger partial charge in [0.1, 0.15) is 5.75 Å². The quantitative estimate of drug-likeness (QED) is 0.915. The number of ether oxygens (including phenoxy) is 1. The molecule has 5 heteroatoms. The molecule has 0 atom stereocenters. The number of aryl methyl sites for hydroxylation is 1. The van der Waals surface area contributed by atoms with Crippen LogP contribution in [-0.4, -0.2) is 22.2 Å². The first-order valence-corrected chi connectivity index (χ1v) is 5.95. The van der Waals surface area contributed by atoms with Crippen molar-refractivity contribution >= 4 is 5.97 Å². The Morgan fingerprint density at radius 1 is 1.42 bits per heavy atom. The first kappa shape index (κ1) is 13.1. The van der Waals surface area contributed by atoms with Crippen molar-refractivity contribution in [1.82, 2.24) is 4.98 Å². The van der Waals surface area contributed by atoms with Gasteiger partial charge in [0.25, 0.3) is 0 Å². The number of aromatic carboxylic acids is 1. The molecule has 0 aliphatic carbocycles. The molecule has 1 N–H and O–H groups in total. The van der Waals surface area contributed by atoms with Gasteiger partial charge >= 0.3 is 5.97 Å². The summed E-state index contributed by atoms with van der Waals surface area (Å²) in [6.45, 7) is 5.47. The van der Waals surface area contributed by atoms with Crippen molar-refractivity contribution in [3.05, 3.63) is 35.7 Å². The van der Waals surface area contributed by atoms with Crippen LogP contribution in [0.4, 0.5) is 0 Å². The highest BCUT2D eigenvalue weighted by Gasteiger charge is 2.17. The van der Waals surface area contributed by atoms with Gasteiger partial charge in [-0.05, 0) is 39.0 Å². The van der Waals surface area contributed by atoms with Crippen LogP contribution in [0.1, 0.15) is 30.1 Å². The molecule has 1 aromatic carbocycles. The van der Waals surface area contributed by atoms with Gasteiger partial charge in [0.2, 0.25) is 11.7 Å². The van der Waals surface area contributed by atoms with Gasteiger partial charge in [-0.2, -0.15) is 0 Å². The first-order valence-electron chi connectivity index (χ1n) is 5.95. The van der Waals surface area contributed by atoms with Crippen molar-refractivity contribution in [3.63, 3.8) is 0 Å². The van der Waals surface area contributed by atoms with E-state index >= 15 is 0 Å². The number of hydrogen-bond donors (Lipinski definition) is 1. The van der Waals surface area contributed by atoms with Crippen LogP contribution >= 0.6 is 0 Å². The standard InChI is InChI=1S/C14H15NO4/c1-8(2)18-11-6-4-5-10(7-11)13-15-9(3)12(19-13)14(16)17/h4-8H,1-3H3,(H,16,17). The number of carboxylic acid groups (broad SMARTS) is 1. The molecule has 100 valence electrons. The molecule has 1 aromatic heterocycles. The lowest BCUT2D eigenvalue weighted by Crippen LogP contribution is -2.05. The van der Waals surface area contributed by atoms with Crippen LogP contribution in [0, 0.1) is 6.92 Å². The van der Waals surface area contributed by atoms with E-state index in [0.717, 1.165) is 0 Å². The highest BCUT2D eigenvalue weighted by atomic mass is 16.5. The van der Waals surface area contributed by atoms with Crippen molar-refractivity contribution in [2.75, 3.05) is 0 Å². The number of hydrogen-bond acceptors (Lipinski definition) is 4. The van der Waals surface area contributed by atoms with E-state index in [1.165, 1.54) is 0 Å². The zero-order valence-corrected chi connectivity index (χ0v) is 11.0. The van der Waals surface area contributed by atoms with Crippen LogP contribution in [0.5, 0.6) is 5.75 Å². The number of carboxylic acids is 1. The summed E-state index contributed by atoms with van der Waals surface area (Å²) in [5.74, 6) is -0.277. The predicted octanol–water partition coefficient (Wildman–Crippen LogP) is 3.14. The van der Waals surface area contributed by atoms with E-state index in [9.17, 15) is 4.79 Å². The summed E-state index contributed by atoms with van der Waals surface area (Å²) in [5, 5.41) is 8.94. The predicted molar refractivity (Wildman–Crippen MR) is 69.4 cm³/mol. The second-order valence-electron chi connectivity index (χ2n) is 4.43. The van der Waals surface area contributed by atoms with Crippen LogP contribution in [-0.2, 0) is 0 Å². The topological polar surface area (TPSA) is 72.6 Å². The third kappa shape index (κ3) is 2.93. The van der Waals surface area contributed by atoms with Gasteiger partial charge in [0, 0.05) is 5.56 Å². The maximum atomic E-state index is 10.9. The van der Waals surface area contributed by atoms with Gasteiger partial charge in [-0.3, -0.25) is 0 Å². The summed E-state index contributed by atoms with van der Waals surface area (Å²) in [7, 11) is 0. The number of aromatic nitrogens is 1. The van der Waals surface area contributed by atoms with Gasteiger partial charge < -0.3 is 14.3 Å². The van der Waals surface area contributed by atoms with Crippen molar-refractivity contribution in [1.29, 1.82) is 0 Å². The summed E-state index contributed by atoms with van der Waals surface area (Å²) in [5.41, 5.74) is 1.05. The van der Waals surface area contributed by atoms with E-state index in [-0.39, 0.29) is 17.8 Å². The zero-order chi connectivity index (χ0) is 14.0. The van der Waals surface area contributed by atoms with E-state index < -0.39 is 5.97 Å². The number of oxazole rings is 1. The highest BCUT2D eigenvalue weighted by Crippen LogP contribution is 2.25. The minimum Gasteiger partial charge on any atom is -0.491 e. The average molecular weight is 261 g/mol. The van der Waals surface area contributed by atoms with E-state index in [1.54, 1.807) is 19.1 Å². The van der Waals surface area contributed by atoms with E-state index in [0.29, 0.717) is 17.0 Å². The minimum absolute atomic E-state index is 0.0659. The summed E-state index contributed by atoms with van der Waals surface area (Å²) in [4.78, 5) is 15.0. The van der Waals surface area contributed by atoms with Crippen molar-refractivity contribution in [2.24, 2.45) is 0 Å². The Hall–Kier alpha value is -2.30. The second kappa shape index (κ2) is 5.14. The Bertz CT molecular complexity index is 601. The normalized spacial score (nSPS) is 10.7. The monoisotopic (exact) mass is 261 g/mol. The first-order chi connectivity index (χ1) is 8.97. The molecule has 5 nitrogen and oxygen atoms in total. The number of nitrogens with zero attached hydrogens (tertiary/aromatic N) is 1. The summed E-state index contributed by atoms with van der Waals surface area (Å²) in [6.07, 6.45) is 0.0659. The molecule has 0 bridgehead atoms. The third-order valence-corrected chi connectivity index (χ3v) is 2.44. The molecule has 2 aromatic rings. The van der Waals surface area contributed by atoms with Crippen molar-refractivity contribution in [3.8, 4) is 17.2 Å². The zero-order valence-electron chi connectivity index (χ0n) is 11.0. The third-order valence-electron chi connectivity index (χ3n) is 2.44. The molecule has 0 radical (unpaired) electrons. The van der Waals surface area contributed by atoms with Crippen LogP contribution in [0.25, 0.3) is 11.5 Å². The molecule has 0 unspecified atom stereocenters. The molecule has 0 saturated carbocycles. The van der Waals surface area contributed by atoms with Crippen LogP contribution < -0.4 is 4.74 Å². The minimum atomic E-state index is -1.12. The Morgan fingerprint density at radius 3 is 2.74 bits per heavy atom. The average Bonchev–Trinajstić information content (AvgIpc) is 2.71. The molecule has 19 heavy (non-hydrogen) atoms. The van der Waals surface area contributed by atoms with Crippen molar-refractivity contribution in [2.45, 2.75) is 26.9 Å². The summed E-state index contributed by atoms with van der Waals surface area (Å²) in [6, 6.07) is 7.21. The molecule has 0 aliphatic heterocycles. The Morgan fingerprint density at radius 2 is 2.16 bits per heavy atom. The molecular weight excluding hydrogens is 246 g/mol. The molecule has 0 fully saturated rings. The van der Waals surface area contributed by atoms with Gasteiger partial charge in [-0.15, -0.1) is 0 Å². The molecular formula is C14H15NO4. The smallest absolute Gasteiger partial charge is 0.373 e. The highest BCUT2D eigenvalue weighted by molar-refractivity contribution is 5.86. The van der Waals surface area contributed by atoms with E-state index in [1.807, 2.05) is 26.0 Å². The molecule has 0 saturated heterocycles. The maximum absolute atomic E-state index is 10.9. The largest absolute Gasteiger partial charge is 0.491 e. The fraction of sp³-hybridized carbons (Fsp3) is 0.286. The lowest BCUT2D eigenvalue weighted by molar-refractivity contribution is 0.0662. The molecule has 2 rings (SSSR count). The Kier molecular flexibility index (Phi) is 3.55. The lowest BCUT2D eigenvalue weighted by atomic mass is 10.2. The summed E-state index contributed by atoms with van der Waals surface area (Å²) >= 11 is 0. The molecule has 1 heterocycles. The second-order valence-corrected chi connectivity index (χ2v) is 4.43. The molecule has 0 spiro atoms. The Labute approximate surface area is 110 Å². The number of carbonyl (C=O) groups is 1. The molecule has 0 aliphatic rings. The van der Waals surface area contributed by atoms with Gasteiger partial charge in [-0.25, -0.2) is 9.78 Å². The van der Waals surface area contributed by atoms with Gasteiger partial charge in [0.15, 0.2) is 0 Å². The number of benzene rings is 1. The van der Waals surface area contributed by atoms with E-state index in [2.05, 4.69) is 4.98 Å².